The van der Waals surface area contributed by atoms with E-state index in [-0.39, 0.29) is 12.6 Å². The van der Waals surface area contributed by atoms with Gasteiger partial charge in [-0.2, -0.15) is 0 Å². The van der Waals surface area contributed by atoms with Crippen LogP contribution in [0.25, 0.3) is 0 Å². The Morgan fingerprint density at radius 2 is 2.33 bits per heavy atom. The number of aliphatic hydroxyl groups is 1. The van der Waals surface area contributed by atoms with E-state index in [1.54, 1.807) is 0 Å². The maximum atomic E-state index is 9.53. The zero-order chi connectivity index (χ0) is 12.5. The van der Waals surface area contributed by atoms with E-state index >= 15 is 0 Å². The van der Waals surface area contributed by atoms with E-state index < -0.39 is 0 Å². The van der Waals surface area contributed by atoms with Crippen LogP contribution in [0.5, 0.6) is 0 Å². The number of nitrogens with zero attached hydrogens (tertiary/aromatic N) is 3. The molecule has 0 aliphatic carbocycles. The van der Waals surface area contributed by atoms with Crippen LogP contribution >= 0.6 is 0 Å². The predicted molar refractivity (Wildman–Crippen MR) is 70.6 cm³/mol. The molecule has 0 spiro atoms. The number of fused-ring (bicyclic) bond motifs is 1. The van der Waals surface area contributed by atoms with Crippen LogP contribution in [0, 0.1) is 5.92 Å². The van der Waals surface area contributed by atoms with Crippen LogP contribution in [0.1, 0.15) is 36.8 Å². The lowest BCUT2D eigenvalue weighted by Crippen LogP contribution is -2.24. The fraction of sp³-hybridized carbons (Fsp3) is 0.786. The molecule has 0 radical (unpaired) electrons. The topological polar surface area (TPSA) is 41.3 Å². The number of hydrogen-bond donors (Lipinski definition) is 1. The highest BCUT2D eigenvalue weighted by Gasteiger charge is 2.26. The maximum absolute atomic E-state index is 9.53. The molecule has 2 unspecified atom stereocenters. The third kappa shape index (κ3) is 2.19. The van der Waals surface area contributed by atoms with Gasteiger partial charge in [0.2, 0.25) is 0 Å². The normalized spacial score (nSPS) is 28.6. The Morgan fingerprint density at radius 1 is 1.44 bits per heavy atom. The van der Waals surface area contributed by atoms with Crippen LogP contribution < -0.4 is 0 Å². The van der Waals surface area contributed by atoms with Crippen LogP contribution in [-0.4, -0.2) is 46.3 Å². The van der Waals surface area contributed by atoms with Crippen molar-refractivity contribution >= 4 is 0 Å². The van der Waals surface area contributed by atoms with Gasteiger partial charge >= 0.3 is 0 Å². The van der Waals surface area contributed by atoms with Gasteiger partial charge in [-0.15, -0.1) is 0 Å². The lowest BCUT2D eigenvalue weighted by molar-refractivity contribution is 0.203. The molecule has 4 heteroatoms. The van der Waals surface area contributed by atoms with E-state index in [0.29, 0.717) is 0 Å². The molecule has 1 fully saturated rings. The highest BCUT2D eigenvalue weighted by atomic mass is 16.3. The van der Waals surface area contributed by atoms with Crippen molar-refractivity contribution in [3.63, 3.8) is 0 Å². The van der Waals surface area contributed by atoms with E-state index in [4.69, 9.17) is 0 Å². The first kappa shape index (κ1) is 12.2. The number of imidazole rings is 1. The fourth-order valence-corrected chi connectivity index (χ4v) is 3.49. The van der Waals surface area contributed by atoms with Crippen molar-refractivity contribution < 1.29 is 5.11 Å². The second-order valence-corrected chi connectivity index (χ2v) is 5.89. The second-order valence-electron chi connectivity index (χ2n) is 5.89. The SMILES string of the molecule is CN1CCC(Cc2ncc3n2C(CO)CCC3)C1. The molecule has 0 saturated carbocycles. The summed E-state index contributed by atoms with van der Waals surface area (Å²) in [4.78, 5) is 7.01. The molecule has 3 heterocycles. The molecule has 1 N–H and O–H groups in total. The molecule has 2 aliphatic heterocycles. The molecule has 4 nitrogen and oxygen atoms in total. The van der Waals surface area contributed by atoms with Gasteiger partial charge < -0.3 is 14.6 Å². The number of aliphatic hydroxyl groups excluding tert-OH is 1. The van der Waals surface area contributed by atoms with Crippen molar-refractivity contribution in [1.82, 2.24) is 14.5 Å². The van der Waals surface area contributed by atoms with Crippen LogP contribution in [-0.2, 0) is 12.8 Å². The Labute approximate surface area is 109 Å². The summed E-state index contributed by atoms with van der Waals surface area (Å²) in [5, 5.41) is 9.53. The first-order valence-corrected chi connectivity index (χ1v) is 7.12. The summed E-state index contributed by atoms with van der Waals surface area (Å²) in [6.45, 7) is 2.65. The molecule has 1 saturated heterocycles. The monoisotopic (exact) mass is 249 g/mol. The summed E-state index contributed by atoms with van der Waals surface area (Å²) in [5.41, 5.74) is 1.32. The van der Waals surface area contributed by atoms with Crippen LogP contribution in [0.15, 0.2) is 6.20 Å². The quantitative estimate of drug-likeness (QED) is 0.876. The number of aromatic nitrogens is 2. The van der Waals surface area contributed by atoms with E-state index in [9.17, 15) is 5.11 Å². The highest BCUT2D eigenvalue weighted by Crippen LogP contribution is 2.28. The molecule has 0 aromatic carbocycles. The third-order valence-corrected chi connectivity index (χ3v) is 4.46. The summed E-state index contributed by atoms with van der Waals surface area (Å²) in [5.74, 6) is 1.94. The highest BCUT2D eigenvalue weighted by molar-refractivity contribution is 5.11. The van der Waals surface area contributed by atoms with Crippen LogP contribution in [0.3, 0.4) is 0 Å². The molecule has 3 rings (SSSR count). The van der Waals surface area contributed by atoms with Gasteiger partial charge in [0, 0.05) is 24.9 Å². The molecule has 100 valence electrons. The van der Waals surface area contributed by atoms with Gasteiger partial charge in [0.15, 0.2) is 0 Å². The molecule has 18 heavy (non-hydrogen) atoms. The minimum Gasteiger partial charge on any atom is -0.394 e. The lowest BCUT2D eigenvalue weighted by atomic mass is 10.0. The van der Waals surface area contributed by atoms with Gasteiger partial charge in [0.25, 0.3) is 0 Å². The van der Waals surface area contributed by atoms with Crippen molar-refractivity contribution in [2.24, 2.45) is 5.92 Å². The summed E-state index contributed by atoms with van der Waals surface area (Å²) in [7, 11) is 2.19. The molecule has 1 aromatic rings. The summed E-state index contributed by atoms with van der Waals surface area (Å²) in [6, 6.07) is 0.269. The van der Waals surface area contributed by atoms with Gasteiger partial charge in [0.05, 0.1) is 12.6 Å². The Kier molecular flexibility index (Phi) is 3.39. The molecule has 1 aromatic heterocycles. The average molecular weight is 249 g/mol. The summed E-state index contributed by atoms with van der Waals surface area (Å²) < 4.78 is 2.32. The van der Waals surface area contributed by atoms with Gasteiger partial charge in [-0.25, -0.2) is 4.98 Å². The van der Waals surface area contributed by atoms with E-state index in [2.05, 4.69) is 21.5 Å². The second kappa shape index (κ2) is 5.02. The molecular weight excluding hydrogens is 226 g/mol. The zero-order valence-electron chi connectivity index (χ0n) is 11.2. The van der Waals surface area contributed by atoms with E-state index in [1.165, 1.54) is 37.4 Å². The van der Waals surface area contributed by atoms with Crippen molar-refractivity contribution in [1.29, 1.82) is 0 Å². The van der Waals surface area contributed by atoms with Crippen molar-refractivity contribution in [3.05, 3.63) is 17.7 Å². The largest absolute Gasteiger partial charge is 0.394 e. The Balaban J connectivity index is 1.78. The fourth-order valence-electron chi connectivity index (χ4n) is 3.49. The van der Waals surface area contributed by atoms with Crippen molar-refractivity contribution in [2.75, 3.05) is 26.7 Å². The lowest BCUT2D eigenvalue weighted by Gasteiger charge is -2.26. The first-order chi connectivity index (χ1) is 8.78. The maximum Gasteiger partial charge on any atom is 0.109 e. The standard InChI is InChI=1S/C14H23N3O/c1-16-6-5-11(9-16)7-14-15-8-12-3-2-4-13(10-18)17(12)14/h8,11,13,18H,2-7,9-10H2,1H3. The average Bonchev–Trinajstić information content (AvgIpc) is 2.97. The predicted octanol–water partition coefficient (Wildman–Crippen LogP) is 1.25. The van der Waals surface area contributed by atoms with Crippen molar-refractivity contribution in [2.45, 2.75) is 38.1 Å². The summed E-state index contributed by atoms with van der Waals surface area (Å²) >= 11 is 0. The Bertz CT molecular complexity index is 415. The number of rotatable bonds is 3. The van der Waals surface area contributed by atoms with Gasteiger partial charge in [-0.3, -0.25) is 0 Å². The zero-order valence-corrected chi connectivity index (χ0v) is 11.2. The Hall–Kier alpha value is -0.870. The molecule has 2 atom stereocenters. The first-order valence-electron chi connectivity index (χ1n) is 7.12. The number of aryl methyl sites for hydroxylation is 1. The molecule has 0 amide bonds. The smallest absolute Gasteiger partial charge is 0.109 e. The number of hydrogen-bond acceptors (Lipinski definition) is 3. The molecule has 0 bridgehead atoms. The van der Waals surface area contributed by atoms with Gasteiger partial charge in [0.1, 0.15) is 5.82 Å². The van der Waals surface area contributed by atoms with Crippen LogP contribution in [0.2, 0.25) is 0 Å². The third-order valence-electron chi connectivity index (χ3n) is 4.46. The van der Waals surface area contributed by atoms with Crippen LogP contribution in [0.4, 0.5) is 0 Å². The Morgan fingerprint density at radius 3 is 3.06 bits per heavy atom. The molecular formula is C14H23N3O. The minimum atomic E-state index is 0.251. The minimum absolute atomic E-state index is 0.251. The molecule has 2 aliphatic rings. The summed E-state index contributed by atoms with van der Waals surface area (Å²) in [6.07, 6.45) is 7.77. The van der Waals surface area contributed by atoms with E-state index in [0.717, 1.165) is 25.2 Å². The van der Waals surface area contributed by atoms with Gasteiger partial charge in [-0.05, 0) is 45.2 Å². The van der Waals surface area contributed by atoms with Gasteiger partial charge in [-0.1, -0.05) is 0 Å². The van der Waals surface area contributed by atoms with Crippen molar-refractivity contribution in [3.8, 4) is 0 Å². The number of likely N-dealkylation sites (tertiary alicyclic amines) is 1. The van der Waals surface area contributed by atoms with E-state index in [1.807, 2.05) is 6.20 Å².